The van der Waals surface area contributed by atoms with Gasteiger partial charge in [0.05, 0.1) is 0 Å². The van der Waals surface area contributed by atoms with Crippen LogP contribution < -0.4 is 0 Å². The van der Waals surface area contributed by atoms with Crippen LogP contribution in [0.3, 0.4) is 0 Å². The molecular formula is C15H10Cl3FO. The third kappa shape index (κ3) is 3.72. The van der Waals surface area contributed by atoms with Crippen LogP contribution in [-0.4, -0.2) is 5.78 Å². The van der Waals surface area contributed by atoms with Crippen LogP contribution in [0.1, 0.15) is 11.1 Å². The average Bonchev–Trinajstić information content (AvgIpc) is 2.38. The third-order valence-electron chi connectivity index (χ3n) is 2.83. The van der Waals surface area contributed by atoms with Crippen molar-refractivity contribution in [2.75, 3.05) is 0 Å². The van der Waals surface area contributed by atoms with E-state index in [1.54, 1.807) is 24.3 Å². The molecule has 1 nitrogen and oxygen atoms in total. The predicted molar refractivity (Wildman–Crippen MR) is 80.3 cm³/mol. The standard InChI is InChI=1S/C15H10Cl3FO/c16-10-4-5-13(17)9(6-10)7-11(20)8-12-14(18)2-1-3-15(12)19/h1-6H,7-8H2. The molecule has 0 unspecified atom stereocenters. The highest BCUT2D eigenvalue weighted by Crippen LogP contribution is 2.23. The second-order valence-electron chi connectivity index (χ2n) is 4.33. The van der Waals surface area contributed by atoms with E-state index in [-0.39, 0.29) is 29.2 Å². The lowest BCUT2D eigenvalue weighted by molar-refractivity contribution is -0.117. The predicted octanol–water partition coefficient (Wildman–Crippen LogP) is 5.14. The lowest BCUT2D eigenvalue weighted by Crippen LogP contribution is -2.09. The van der Waals surface area contributed by atoms with E-state index in [1.165, 1.54) is 12.1 Å². The fourth-order valence-corrected chi connectivity index (χ4v) is 2.46. The molecule has 0 aromatic heterocycles. The Balaban J connectivity index is 2.15. The summed E-state index contributed by atoms with van der Waals surface area (Å²) in [5.74, 6) is -0.663. The molecular weight excluding hydrogens is 322 g/mol. The summed E-state index contributed by atoms with van der Waals surface area (Å²) in [4.78, 5) is 12.0. The Morgan fingerprint density at radius 1 is 1.00 bits per heavy atom. The molecule has 104 valence electrons. The quantitative estimate of drug-likeness (QED) is 0.758. The van der Waals surface area contributed by atoms with Gasteiger partial charge in [0.1, 0.15) is 11.6 Å². The summed E-state index contributed by atoms with van der Waals surface area (Å²) >= 11 is 17.7. The van der Waals surface area contributed by atoms with E-state index in [1.807, 2.05) is 0 Å². The minimum absolute atomic E-state index is 0.0751. The summed E-state index contributed by atoms with van der Waals surface area (Å²) in [6.45, 7) is 0. The molecule has 2 aromatic rings. The van der Waals surface area contributed by atoms with Gasteiger partial charge in [-0.3, -0.25) is 4.79 Å². The van der Waals surface area contributed by atoms with Crippen molar-refractivity contribution in [2.45, 2.75) is 12.8 Å². The van der Waals surface area contributed by atoms with Gasteiger partial charge in [0.2, 0.25) is 0 Å². The first-order chi connectivity index (χ1) is 9.47. The van der Waals surface area contributed by atoms with Crippen molar-refractivity contribution in [1.29, 1.82) is 0 Å². The Kier molecular flexibility index (Phi) is 5.03. The van der Waals surface area contributed by atoms with Crippen LogP contribution in [0.15, 0.2) is 36.4 Å². The zero-order valence-electron chi connectivity index (χ0n) is 10.3. The SMILES string of the molecule is O=C(Cc1cc(Cl)ccc1Cl)Cc1c(F)cccc1Cl. The zero-order valence-corrected chi connectivity index (χ0v) is 12.6. The van der Waals surface area contributed by atoms with Gasteiger partial charge in [-0.15, -0.1) is 0 Å². The third-order valence-corrected chi connectivity index (χ3v) is 3.79. The molecule has 0 aliphatic rings. The summed E-state index contributed by atoms with van der Waals surface area (Å²) in [6.07, 6.45) is 0.0123. The number of benzene rings is 2. The number of ketones is 1. The van der Waals surface area contributed by atoms with Gasteiger partial charge in [0.25, 0.3) is 0 Å². The topological polar surface area (TPSA) is 17.1 Å². The number of carbonyl (C=O) groups is 1. The molecule has 0 spiro atoms. The van der Waals surface area contributed by atoms with Crippen LogP contribution in [0, 0.1) is 5.82 Å². The maximum atomic E-state index is 13.6. The van der Waals surface area contributed by atoms with Crippen LogP contribution in [-0.2, 0) is 17.6 Å². The summed E-state index contributed by atoms with van der Waals surface area (Å²) in [5, 5.41) is 1.21. The Morgan fingerprint density at radius 2 is 1.75 bits per heavy atom. The largest absolute Gasteiger partial charge is 0.299 e. The van der Waals surface area contributed by atoms with E-state index in [9.17, 15) is 9.18 Å². The van der Waals surface area contributed by atoms with Gasteiger partial charge in [-0.05, 0) is 35.9 Å². The Morgan fingerprint density at radius 3 is 2.45 bits per heavy atom. The molecule has 0 N–H and O–H groups in total. The van der Waals surface area contributed by atoms with Crippen LogP contribution in [0.25, 0.3) is 0 Å². The maximum absolute atomic E-state index is 13.6. The van der Waals surface area contributed by atoms with Gasteiger partial charge in [-0.1, -0.05) is 40.9 Å². The van der Waals surface area contributed by atoms with Crippen molar-refractivity contribution in [3.63, 3.8) is 0 Å². The minimum atomic E-state index is -0.483. The highest BCUT2D eigenvalue weighted by Gasteiger charge is 2.14. The normalized spacial score (nSPS) is 10.6. The van der Waals surface area contributed by atoms with Gasteiger partial charge in [-0.25, -0.2) is 4.39 Å². The molecule has 2 rings (SSSR count). The number of hydrogen-bond donors (Lipinski definition) is 0. The fourth-order valence-electron chi connectivity index (χ4n) is 1.85. The number of Topliss-reactive ketones (excluding diaryl/α,β-unsaturated/α-hetero) is 1. The Bertz CT molecular complexity index is 635. The van der Waals surface area contributed by atoms with E-state index >= 15 is 0 Å². The second-order valence-corrected chi connectivity index (χ2v) is 5.58. The summed E-state index contributed by atoms with van der Waals surface area (Å²) in [5.41, 5.74) is 0.828. The van der Waals surface area contributed by atoms with E-state index in [2.05, 4.69) is 0 Å². The molecule has 0 aliphatic heterocycles. The first-order valence-corrected chi connectivity index (χ1v) is 6.99. The number of halogens is 4. The molecule has 0 radical (unpaired) electrons. The van der Waals surface area contributed by atoms with Crippen molar-refractivity contribution >= 4 is 40.6 Å². The molecule has 0 heterocycles. The first-order valence-electron chi connectivity index (χ1n) is 5.86. The number of carbonyl (C=O) groups excluding carboxylic acids is 1. The van der Waals surface area contributed by atoms with Crippen molar-refractivity contribution in [1.82, 2.24) is 0 Å². The van der Waals surface area contributed by atoms with Gasteiger partial charge in [0.15, 0.2) is 0 Å². The van der Waals surface area contributed by atoms with Crippen LogP contribution in [0.4, 0.5) is 4.39 Å². The lowest BCUT2D eigenvalue weighted by Gasteiger charge is -2.07. The van der Waals surface area contributed by atoms with E-state index in [0.717, 1.165) is 0 Å². The van der Waals surface area contributed by atoms with Crippen molar-refractivity contribution in [3.8, 4) is 0 Å². The molecule has 0 saturated carbocycles. The zero-order chi connectivity index (χ0) is 14.7. The van der Waals surface area contributed by atoms with Crippen molar-refractivity contribution < 1.29 is 9.18 Å². The second kappa shape index (κ2) is 6.57. The Hall–Kier alpha value is -1.09. The van der Waals surface area contributed by atoms with Crippen molar-refractivity contribution in [2.24, 2.45) is 0 Å². The molecule has 0 saturated heterocycles. The minimum Gasteiger partial charge on any atom is -0.299 e. The fraction of sp³-hybridized carbons (Fsp3) is 0.133. The maximum Gasteiger partial charge on any atom is 0.141 e. The highest BCUT2D eigenvalue weighted by molar-refractivity contribution is 6.33. The van der Waals surface area contributed by atoms with Gasteiger partial charge >= 0.3 is 0 Å². The first kappa shape index (κ1) is 15.3. The molecule has 0 aliphatic carbocycles. The Labute approximate surface area is 131 Å². The number of rotatable bonds is 4. The van der Waals surface area contributed by atoms with E-state index in [4.69, 9.17) is 34.8 Å². The van der Waals surface area contributed by atoms with Gasteiger partial charge in [-0.2, -0.15) is 0 Å². The van der Waals surface area contributed by atoms with Crippen LogP contribution in [0.5, 0.6) is 0 Å². The van der Waals surface area contributed by atoms with Crippen molar-refractivity contribution in [3.05, 3.63) is 68.4 Å². The molecule has 0 atom stereocenters. The molecule has 0 fully saturated rings. The lowest BCUT2D eigenvalue weighted by atomic mass is 10.0. The summed E-state index contributed by atoms with van der Waals surface area (Å²) < 4.78 is 13.6. The monoisotopic (exact) mass is 330 g/mol. The highest BCUT2D eigenvalue weighted by atomic mass is 35.5. The molecule has 0 amide bonds. The smallest absolute Gasteiger partial charge is 0.141 e. The van der Waals surface area contributed by atoms with Gasteiger partial charge in [0, 0.05) is 33.5 Å². The molecule has 5 heteroatoms. The average molecular weight is 332 g/mol. The van der Waals surface area contributed by atoms with Crippen LogP contribution in [0.2, 0.25) is 15.1 Å². The number of hydrogen-bond acceptors (Lipinski definition) is 1. The van der Waals surface area contributed by atoms with E-state index in [0.29, 0.717) is 15.6 Å². The molecule has 20 heavy (non-hydrogen) atoms. The summed E-state index contributed by atoms with van der Waals surface area (Å²) in [6, 6.07) is 9.23. The van der Waals surface area contributed by atoms with Gasteiger partial charge < -0.3 is 0 Å². The van der Waals surface area contributed by atoms with Crippen LogP contribution >= 0.6 is 34.8 Å². The van der Waals surface area contributed by atoms with E-state index < -0.39 is 5.82 Å². The molecule has 2 aromatic carbocycles. The summed E-state index contributed by atoms with van der Waals surface area (Å²) in [7, 11) is 0. The molecule has 0 bridgehead atoms.